The lowest BCUT2D eigenvalue weighted by atomic mass is 9.96. The summed E-state index contributed by atoms with van der Waals surface area (Å²) in [6.45, 7) is 8.59. The van der Waals surface area contributed by atoms with Gasteiger partial charge in [-0.25, -0.2) is 0 Å². The standard InChI is InChI=1S/C17H27N3O/c1-4-11-20(5-2)12-10-18-15-13-17(21)19(3)16-9-7-6-8-14(15)16/h6-9,15,18H,4-5,10-13H2,1-3H3. The summed E-state index contributed by atoms with van der Waals surface area (Å²) in [5.41, 5.74) is 2.27. The van der Waals surface area contributed by atoms with Crippen LogP contribution >= 0.6 is 0 Å². The second-order valence-electron chi connectivity index (χ2n) is 5.66. The Bertz CT molecular complexity index is 475. The van der Waals surface area contributed by atoms with Crippen molar-refractivity contribution in [1.29, 1.82) is 0 Å². The molecule has 0 fully saturated rings. The molecule has 1 aliphatic heterocycles. The minimum absolute atomic E-state index is 0.144. The third-order valence-electron chi connectivity index (χ3n) is 4.23. The van der Waals surface area contributed by atoms with Gasteiger partial charge in [0.05, 0.1) is 0 Å². The number of rotatable bonds is 7. The van der Waals surface area contributed by atoms with Crippen LogP contribution in [0.3, 0.4) is 0 Å². The summed E-state index contributed by atoms with van der Waals surface area (Å²) in [6.07, 6.45) is 1.73. The topological polar surface area (TPSA) is 35.6 Å². The van der Waals surface area contributed by atoms with Gasteiger partial charge in [-0.05, 0) is 31.1 Å². The van der Waals surface area contributed by atoms with E-state index in [0.29, 0.717) is 6.42 Å². The van der Waals surface area contributed by atoms with Crippen LogP contribution in [0.25, 0.3) is 0 Å². The number of likely N-dealkylation sites (N-methyl/N-ethyl adjacent to an activating group) is 1. The molecule has 21 heavy (non-hydrogen) atoms. The molecule has 4 nitrogen and oxygen atoms in total. The van der Waals surface area contributed by atoms with Crippen molar-refractivity contribution in [2.24, 2.45) is 0 Å². The van der Waals surface area contributed by atoms with Crippen LogP contribution in [0.4, 0.5) is 5.69 Å². The molecular formula is C17H27N3O. The molecular weight excluding hydrogens is 262 g/mol. The van der Waals surface area contributed by atoms with Crippen LogP contribution in [-0.4, -0.2) is 44.0 Å². The zero-order valence-corrected chi connectivity index (χ0v) is 13.4. The number of para-hydroxylation sites is 1. The molecule has 0 aliphatic carbocycles. The molecule has 0 bridgehead atoms. The van der Waals surface area contributed by atoms with Crippen LogP contribution in [0.2, 0.25) is 0 Å². The van der Waals surface area contributed by atoms with Gasteiger partial charge >= 0.3 is 0 Å². The quantitative estimate of drug-likeness (QED) is 0.837. The summed E-state index contributed by atoms with van der Waals surface area (Å²) in [5.74, 6) is 0.187. The van der Waals surface area contributed by atoms with Crippen molar-refractivity contribution < 1.29 is 4.79 Å². The maximum absolute atomic E-state index is 12.1. The van der Waals surface area contributed by atoms with Crippen molar-refractivity contribution in [1.82, 2.24) is 10.2 Å². The first-order valence-corrected chi connectivity index (χ1v) is 7.98. The number of hydrogen-bond donors (Lipinski definition) is 1. The van der Waals surface area contributed by atoms with Crippen LogP contribution in [0.15, 0.2) is 24.3 Å². The van der Waals surface area contributed by atoms with Gasteiger partial charge in [0.1, 0.15) is 0 Å². The Labute approximate surface area is 128 Å². The third kappa shape index (κ3) is 3.83. The second kappa shape index (κ2) is 7.57. The average molecular weight is 289 g/mol. The Balaban J connectivity index is 1.98. The summed E-state index contributed by atoms with van der Waals surface area (Å²) in [5, 5.41) is 3.56. The molecule has 1 aromatic carbocycles. The molecule has 1 unspecified atom stereocenters. The van der Waals surface area contributed by atoms with E-state index < -0.39 is 0 Å². The van der Waals surface area contributed by atoms with Crippen molar-refractivity contribution in [3.8, 4) is 0 Å². The summed E-state index contributed by atoms with van der Waals surface area (Å²) in [6, 6.07) is 8.33. The number of amides is 1. The van der Waals surface area contributed by atoms with E-state index in [1.54, 1.807) is 4.90 Å². The number of carbonyl (C=O) groups is 1. The molecule has 1 amide bonds. The van der Waals surface area contributed by atoms with Crippen LogP contribution in [0, 0.1) is 0 Å². The molecule has 1 aliphatic rings. The molecule has 2 rings (SSSR count). The minimum atomic E-state index is 0.144. The molecule has 0 spiro atoms. The van der Waals surface area contributed by atoms with Gasteiger partial charge in [0.15, 0.2) is 0 Å². The molecule has 0 saturated carbocycles. The molecule has 0 aromatic heterocycles. The molecule has 1 aromatic rings. The highest BCUT2D eigenvalue weighted by Crippen LogP contribution is 2.33. The molecule has 4 heteroatoms. The lowest BCUT2D eigenvalue weighted by Gasteiger charge is -2.32. The molecule has 116 valence electrons. The fraction of sp³-hybridized carbons (Fsp3) is 0.588. The normalized spacial score (nSPS) is 18.2. The predicted octanol–water partition coefficient (Wildman–Crippen LogP) is 2.42. The van der Waals surface area contributed by atoms with Gasteiger partial charge in [-0.1, -0.05) is 32.0 Å². The second-order valence-corrected chi connectivity index (χ2v) is 5.66. The number of hydrogen-bond acceptors (Lipinski definition) is 3. The van der Waals surface area contributed by atoms with Gasteiger partial charge in [-0.15, -0.1) is 0 Å². The van der Waals surface area contributed by atoms with Gasteiger partial charge in [-0.2, -0.15) is 0 Å². The average Bonchev–Trinajstić information content (AvgIpc) is 2.51. The largest absolute Gasteiger partial charge is 0.315 e. The molecule has 1 heterocycles. The lowest BCUT2D eigenvalue weighted by Crippen LogP contribution is -2.40. The molecule has 0 radical (unpaired) electrons. The van der Waals surface area contributed by atoms with Gasteiger partial charge < -0.3 is 15.1 Å². The lowest BCUT2D eigenvalue weighted by molar-refractivity contribution is -0.119. The number of fused-ring (bicyclic) bond motifs is 1. The minimum Gasteiger partial charge on any atom is -0.315 e. The van der Waals surface area contributed by atoms with Crippen LogP contribution in [0.1, 0.15) is 38.3 Å². The maximum Gasteiger partial charge on any atom is 0.228 e. The molecule has 1 atom stereocenters. The highest BCUT2D eigenvalue weighted by molar-refractivity contribution is 5.96. The zero-order chi connectivity index (χ0) is 15.2. The van der Waals surface area contributed by atoms with E-state index in [9.17, 15) is 4.79 Å². The zero-order valence-electron chi connectivity index (χ0n) is 13.4. The summed E-state index contributed by atoms with van der Waals surface area (Å²) < 4.78 is 0. The van der Waals surface area contributed by atoms with E-state index in [1.807, 2.05) is 25.2 Å². The van der Waals surface area contributed by atoms with E-state index in [2.05, 4.69) is 30.1 Å². The maximum atomic E-state index is 12.1. The first-order chi connectivity index (χ1) is 10.2. The number of benzene rings is 1. The number of anilines is 1. The Morgan fingerprint density at radius 1 is 1.29 bits per heavy atom. The van der Waals surface area contributed by atoms with E-state index >= 15 is 0 Å². The first-order valence-electron chi connectivity index (χ1n) is 7.98. The van der Waals surface area contributed by atoms with Crippen molar-refractivity contribution >= 4 is 11.6 Å². The van der Waals surface area contributed by atoms with Crippen molar-refractivity contribution in [2.75, 3.05) is 38.1 Å². The van der Waals surface area contributed by atoms with Crippen molar-refractivity contribution in [2.45, 2.75) is 32.7 Å². The summed E-state index contributed by atoms with van der Waals surface area (Å²) >= 11 is 0. The number of nitrogens with zero attached hydrogens (tertiary/aromatic N) is 2. The van der Waals surface area contributed by atoms with Gasteiger partial charge in [-0.3, -0.25) is 4.79 Å². The highest BCUT2D eigenvalue weighted by Gasteiger charge is 2.28. The third-order valence-corrected chi connectivity index (χ3v) is 4.23. The van der Waals surface area contributed by atoms with Crippen LogP contribution in [0.5, 0.6) is 0 Å². The SMILES string of the molecule is CCCN(CC)CCNC1CC(=O)N(C)c2ccccc21. The Kier molecular flexibility index (Phi) is 5.76. The highest BCUT2D eigenvalue weighted by atomic mass is 16.2. The van der Waals surface area contributed by atoms with E-state index in [-0.39, 0.29) is 11.9 Å². The molecule has 0 saturated heterocycles. The Morgan fingerprint density at radius 2 is 2.05 bits per heavy atom. The van der Waals surface area contributed by atoms with Crippen LogP contribution in [-0.2, 0) is 4.79 Å². The fourth-order valence-electron chi connectivity index (χ4n) is 2.97. The first kappa shape index (κ1) is 16.0. The number of carbonyl (C=O) groups excluding carboxylic acids is 1. The Hall–Kier alpha value is -1.39. The summed E-state index contributed by atoms with van der Waals surface area (Å²) in [7, 11) is 1.86. The number of nitrogens with one attached hydrogen (secondary N) is 1. The Morgan fingerprint density at radius 3 is 2.76 bits per heavy atom. The van der Waals surface area contributed by atoms with E-state index in [1.165, 1.54) is 12.0 Å². The van der Waals surface area contributed by atoms with E-state index in [0.717, 1.165) is 31.9 Å². The van der Waals surface area contributed by atoms with Crippen molar-refractivity contribution in [3.63, 3.8) is 0 Å². The van der Waals surface area contributed by atoms with E-state index in [4.69, 9.17) is 0 Å². The van der Waals surface area contributed by atoms with Gasteiger partial charge in [0.2, 0.25) is 5.91 Å². The van der Waals surface area contributed by atoms with Crippen molar-refractivity contribution in [3.05, 3.63) is 29.8 Å². The van der Waals surface area contributed by atoms with Gasteiger partial charge in [0.25, 0.3) is 0 Å². The predicted molar refractivity (Wildman–Crippen MR) is 87.6 cm³/mol. The van der Waals surface area contributed by atoms with Gasteiger partial charge in [0, 0.05) is 38.3 Å². The summed E-state index contributed by atoms with van der Waals surface area (Å²) in [4.78, 5) is 16.3. The smallest absolute Gasteiger partial charge is 0.228 e. The molecule has 1 N–H and O–H groups in total. The van der Waals surface area contributed by atoms with Crippen LogP contribution < -0.4 is 10.2 Å². The fourth-order valence-corrected chi connectivity index (χ4v) is 2.97. The monoisotopic (exact) mass is 289 g/mol.